The Morgan fingerprint density at radius 3 is 2.59 bits per heavy atom. The van der Waals surface area contributed by atoms with Crippen molar-refractivity contribution in [3.8, 4) is 0 Å². The smallest absolute Gasteiger partial charge is 0.332 e. The number of aromatic amines is 1. The molecule has 32 heavy (non-hydrogen) atoms. The van der Waals surface area contributed by atoms with Crippen LogP contribution in [0.25, 0.3) is 21.9 Å². The summed E-state index contributed by atoms with van der Waals surface area (Å²) in [6.45, 7) is 7.93. The highest BCUT2D eigenvalue weighted by Crippen LogP contribution is 2.30. The second-order valence-electron chi connectivity index (χ2n) is 8.30. The molecule has 3 heterocycles. The molecule has 0 saturated carbocycles. The van der Waals surface area contributed by atoms with Gasteiger partial charge in [0.05, 0.1) is 5.25 Å². The number of carbonyl (C=O) groups excluding carboxylic acids is 1. The third-order valence-electron chi connectivity index (χ3n) is 5.32. The number of carbonyl (C=O) groups is 1. The van der Waals surface area contributed by atoms with Crippen LogP contribution in [0.4, 0.5) is 0 Å². The molecule has 0 aliphatic rings. The maximum atomic E-state index is 13.2. The molecular weight excluding hydrogens is 426 g/mol. The normalized spacial score (nSPS) is 12.7. The fourth-order valence-electron chi connectivity index (χ4n) is 3.77. The van der Waals surface area contributed by atoms with Gasteiger partial charge in [0, 0.05) is 36.3 Å². The average molecular weight is 452 g/mol. The van der Waals surface area contributed by atoms with Gasteiger partial charge in [0.15, 0.2) is 11.4 Å². The molecule has 166 valence electrons. The van der Waals surface area contributed by atoms with Crippen LogP contribution >= 0.6 is 11.8 Å². The fourth-order valence-corrected chi connectivity index (χ4v) is 4.82. The lowest BCUT2D eigenvalue weighted by atomic mass is 10.1. The number of fused-ring (bicyclic) bond motifs is 2. The van der Waals surface area contributed by atoms with E-state index in [1.807, 2.05) is 38.1 Å². The first kappa shape index (κ1) is 22.0. The number of Topliss-reactive ketones (excluding diaryl/α,β-unsaturated/α-hetero) is 1. The number of hydrogen-bond donors (Lipinski definition) is 1. The van der Waals surface area contributed by atoms with E-state index in [1.54, 1.807) is 20.0 Å². The predicted molar refractivity (Wildman–Crippen MR) is 127 cm³/mol. The number of nitrogens with zero attached hydrogens (tertiary/aromatic N) is 4. The van der Waals surface area contributed by atoms with E-state index in [-0.39, 0.29) is 17.1 Å². The minimum absolute atomic E-state index is 0.0656. The molecule has 9 heteroatoms. The van der Waals surface area contributed by atoms with Crippen molar-refractivity contribution in [2.24, 2.45) is 13.0 Å². The molecule has 1 N–H and O–H groups in total. The summed E-state index contributed by atoms with van der Waals surface area (Å²) in [7, 11) is 1.45. The quantitative estimate of drug-likeness (QED) is 0.274. The first-order valence-electron chi connectivity index (χ1n) is 10.4. The van der Waals surface area contributed by atoms with E-state index in [0.29, 0.717) is 28.6 Å². The Bertz CT molecular complexity index is 1460. The summed E-state index contributed by atoms with van der Waals surface area (Å²) in [5.41, 5.74) is 0.934. The minimum atomic E-state index is -0.498. The summed E-state index contributed by atoms with van der Waals surface area (Å²) in [6.07, 6.45) is 1.72. The van der Waals surface area contributed by atoms with E-state index in [9.17, 15) is 14.4 Å². The topological polar surface area (TPSA) is 103 Å². The Balaban J connectivity index is 1.82. The van der Waals surface area contributed by atoms with Crippen molar-refractivity contribution in [3.63, 3.8) is 0 Å². The van der Waals surface area contributed by atoms with Crippen LogP contribution in [0.1, 0.15) is 37.0 Å². The van der Waals surface area contributed by atoms with Crippen molar-refractivity contribution in [1.29, 1.82) is 0 Å². The second kappa shape index (κ2) is 8.38. The highest BCUT2D eigenvalue weighted by atomic mass is 32.2. The van der Waals surface area contributed by atoms with Crippen LogP contribution in [0.5, 0.6) is 0 Å². The molecule has 3 aromatic heterocycles. The molecule has 0 aliphatic heterocycles. The summed E-state index contributed by atoms with van der Waals surface area (Å²) in [4.78, 5) is 51.1. The van der Waals surface area contributed by atoms with Crippen LogP contribution < -0.4 is 11.2 Å². The summed E-state index contributed by atoms with van der Waals surface area (Å²) in [6, 6.07) is 7.63. The van der Waals surface area contributed by atoms with Crippen LogP contribution in [0.3, 0.4) is 0 Å². The van der Waals surface area contributed by atoms with Gasteiger partial charge in [-0.2, -0.15) is 0 Å². The van der Waals surface area contributed by atoms with Gasteiger partial charge < -0.3 is 4.98 Å². The summed E-state index contributed by atoms with van der Waals surface area (Å²) in [5.74, 6) is 0.559. The van der Waals surface area contributed by atoms with E-state index in [2.05, 4.69) is 15.0 Å². The van der Waals surface area contributed by atoms with Crippen molar-refractivity contribution in [1.82, 2.24) is 24.1 Å². The third-order valence-corrected chi connectivity index (χ3v) is 6.41. The number of H-pyrrole nitrogens is 1. The molecule has 8 nitrogen and oxygen atoms in total. The van der Waals surface area contributed by atoms with Crippen LogP contribution in [0.15, 0.2) is 45.1 Å². The van der Waals surface area contributed by atoms with Crippen molar-refractivity contribution >= 4 is 39.5 Å². The number of hydrogen-bond acceptors (Lipinski definition) is 6. The molecule has 0 bridgehead atoms. The Hall–Kier alpha value is -3.20. The minimum Gasteiger partial charge on any atom is -0.360 e. The number of ketones is 1. The molecule has 0 saturated heterocycles. The van der Waals surface area contributed by atoms with Crippen LogP contribution in [0, 0.1) is 12.8 Å². The highest BCUT2D eigenvalue weighted by molar-refractivity contribution is 8.00. The summed E-state index contributed by atoms with van der Waals surface area (Å²) in [5, 5.41) is 1.03. The van der Waals surface area contributed by atoms with E-state index in [0.717, 1.165) is 15.5 Å². The highest BCUT2D eigenvalue weighted by Gasteiger charge is 2.24. The number of para-hydroxylation sites is 1. The third kappa shape index (κ3) is 3.77. The molecule has 4 aromatic rings. The second-order valence-corrected chi connectivity index (χ2v) is 9.63. The first-order valence-corrected chi connectivity index (χ1v) is 11.3. The number of aryl methyl sites for hydroxylation is 1. The molecule has 1 atom stereocenters. The Labute approximate surface area is 188 Å². The van der Waals surface area contributed by atoms with E-state index < -0.39 is 16.5 Å². The van der Waals surface area contributed by atoms with Crippen molar-refractivity contribution in [2.45, 2.75) is 44.5 Å². The lowest BCUT2D eigenvalue weighted by molar-refractivity contribution is 0.0995. The monoisotopic (exact) mass is 451 g/mol. The van der Waals surface area contributed by atoms with Crippen LogP contribution in [-0.2, 0) is 13.6 Å². The number of aromatic nitrogens is 5. The van der Waals surface area contributed by atoms with Crippen molar-refractivity contribution in [3.05, 3.63) is 62.7 Å². The largest absolute Gasteiger partial charge is 0.360 e. The first-order chi connectivity index (χ1) is 15.2. The van der Waals surface area contributed by atoms with Crippen LogP contribution in [0.2, 0.25) is 0 Å². The number of nitrogens with one attached hydrogen (secondary N) is 1. The molecule has 0 amide bonds. The predicted octanol–water partition coefficient (Wildman–Crippen LogP) is 3.30. The van der Waals surface area contributed by atoms with E-state index in [4.69, 9.17) is 0 Å². The molecular formula is C23H25N5O3S. The Morgan fingerprint density at radius 1 is 1.16 bits per heavy atom. The van der Waals surface area contributed by atoms with Gasteiger partial charge in [-0.15, -0.1) is 0 Å². The average Bonchev–Trinajstić information content (AvgIpc) is 3.18. The molecule has 0 radical (unpaired) electrons. The van der Waals surface area contributed by atoms with Gasteiger partial charge in [-0.1, -0.05) is 43.8 Å². The maximum Gasteiger partial charge on any atom is 0.332 e. The molecule has 4 rings (SSSR count). The zero-order chi connectivity index (χ0) is 23.2. The molecule has 0 aliphatic carbocycles. The van der Waals surface area contributed by atoms with Crippen LogP contribution in [-0.4, -0.2) is 35.1 Å². The zero-order valence-corrected chi connectivity index (χ0v) is 19.5. The van der Waals surface area contributed by atoms with Gasteiger partial charge in [-0.05, 0) is 25.8 Å². The lowest BCUT2D eigenvalue weighted by Crippen LogP contribution is -2.39. The van der Waals surface area contributed by atoms with Gasteiger partial charge in [-0.25, -0.2) is 14.8 Å². The molecule has 0 unspecified atom stereocenters. The standard InChI is InChI=1S/C23H25N5O3S/c1-12(2)11-28-20-18(22(30)27(5)23(28)31)21(26-14(4)25-20)32-13(3)19(29)16-10-24-17-9-7-6-8-15(16)17/h6-10,12-13,24H,11H2,1-5H3/t13-/m1/s1. The van der Waals surface area contributed by atoms with Gasteiger partial charge >= 0.3 is 5.69 Å². The van der Waals surface area contributed by atoms with Crippen molar-refractivity contribution < 1.29 is 4.79 Å². The lowest BCUT2D eigenvalue weighted by Gasteiger charge is -2.16. The number of benzene rings is 1. The Morgan fingerprint density at radius 2 is 1.88 bits per heavy atom. The van der Waals surface area contributed by atoms with E-state index >= 15 is 0 Å². The maximum absolute atomic E-state index is 13.2. The van der Waals surface area contributed by atoms with Gasteiger partial charge in [0.1, 0.15) is 16.2 Å². The van der Waals surface area contributed by atoms with E-state index in [1.165, 1.54) is 23.4 Å². The fraction of sp³-hybridized carbons (Fsp3) is 0.348. The van der Waals surface area contributed by atoms with Gasteiger partial charge in [0.2, 0.25) is 0 Å². The summed E-state index contributed by atoms with van der Waals surface area (Å²) < 4.78 is 2.60. The van der Waals surface area contributed by atoms with Gasteiger partial charge in [-0.3, -0.25) is 18.7 Å². The van der Waals surface area contributed by atoms with Gasteiger partial charge in [0.25, 0.3) is 5.56 Å². The molecule has 0 fully saturated rings. The van der Waals surface area contributed by atoms with Crippen molar-refractivity contribution in [2.75, 3.05) is 0 Å². The Kier molecular flexibility index (Phi) is 5.77. The number of thioether (sulfide) groups is 1. The summed E-state index contributed by atoms with van der Waals surface area (Å²) >= 11 is 1.22. The number of rotatable bonds is 6. The zero-order valence-electron chi connectivity index (χ0n) is 18.7. The molecule has 1 aromatic carbocycles. The molecule has 0 spiro atoms. The SMILES string of the molecule is Cc1nc(S[C@H](C)C(=O)c2c[nH]c3ccccc23)c2c(=O)n(C)c(=O)n(CC(C)C)c2n1.